The summed E-state index contributed by atoms with van der Waals surface area (Å²) in [5.41, 5.74) is 0.743. The molecule has 0 radical (unpaired) electrons. The fraction of sp³-hybridized carbons (Fsp3) is 0.568. The summed E-state index contributed by atoms with van der Waals surface area (Å²) in [7, 11) is 5.44. The van der Waals surface area contributed by atoms with Crippen molar-refractivity contribution in [2.24, 2.45) is 0 Å². The average molecular weight is 742 g/mol. The molecule has 1 aromatic carbocycles. The number of carbonyl (C=O) groups is 4. The highest BCUT2D eigenvalue weighted by molar-refractivity contribution is 7.24. The molecule has 52 heavy (non-hydrogen) atoms. The number of fused-ring (bicyclic) bond motifs is 2. The van der Waals surface area contributed by atoms with Gasteiger partial charge in [-0.3, -0.25) is 38.7 Å². The molecule has 0 bridgehead atoms. The third-order valence-electron chi connectivity index (χ3n) is 9.45. The highest BCUT2D eigenvalue weighted by Gasteiger charge is 2.30. The topological polar surface area (TPSA) is 157 Å². The molecule has 14 nitrogen and oxygen atoms in total. The third-order valence-corrected chi connectivity index (χ3v) is 10.5. The molecule has 284 valence electrons. The predicted octanol–water partition coefficient (Wildman–Crippen LogP) is 2.59. The van der Waals surface area contributed by atoms with Crippen molar-refractivity contribution in [3.05, 3.63) is 52.3 Å². The quantitative estimate of drug-likeness (QED) is 0.146. The van der Waals surface area contributed by atoms with Crippen LogP contribution < -0.4 is 10.7 Å². The maximum Gasteiger partial charge on any atom is 0.323 e. The van der Waals surface area contributed by atoms with Crippen molar-refractivity contribution in [2.45, 2.75) is 57.2 Å². The van der Waals surface area contributed by atoms with E-state index < -0.39 is 12.1 Å². The molecule has 0 saturated carbocycles. The van der Waals surface area contributed by atoms with E-state index in [0.717, 1.165) is 10.4 Å². The summed E-state index contributed by atoms with van der Waals surface area (Å²) in [5.74, 6) is -1.38. The maximum absolute atomic E-state index is 13.2. The average Bonchev–Trinajstić information content (AvgIpc) is 3.16. The van der Waals surface area contributed by atoms with E-state index in [9.17, 15) is 24.0 Å². The first-order valence-electron chi connectivity index (χ1n) is 17.7. The van der Waals surface area contributed by atoms with Crippen molar-refractivity contribution in [3.63, 3.8) is 0 Å². The van der Waals surface area contributed by atoms with Crippen LogP contribution in [0.15, 0.2) is 41.2 Å². The lowest BCUT2D eigenvalue weighted by Crippen LogP contribution is -2.52. The van der Waals surface area contributed by atoms with Gasteiger partial charge in [0.2, 0.25) is 0 Å². The number of nitrogens with one attached hydrogen (secondary N) is 1. The Morgan fingerprint density at radius 1 is 0.731 bits per heavy atom. The van der Waals surface area contributed by atoms with E-state index in [2.05, 4.69) is 20.0 Å². The number of esters is 4. The van der Waals surface area contributed by atoms with Crippen LogP contribution >= 0.6 is 11.3 Å². The van der Waals surface area contributed by atoms with Crippen LogP contribution in [0.2, 0.25) is 0 Å². The molecule has 2 aromatic heterocycles. The van der Waals surface area contributed by atoms with Gasteiger partial charge in [0.15, 0.2) is 5.43 Å². The zero-order chi connectivity index (χ0) is 37.5. The lowest BCUT2D eigenvalue weighted by Gasteiger charge is -2.36. The summed E-state index contributed by atoms with van der Waals surface area (Å²) < 4.78 is 20.9. The molecule has 1 N–H and O–H groups in total. The van der Waals surface area contributed by atoms with Gasteiger partial charge in [-0.25, -0.2) is 4.98 Å². The van der Waals surface area contributed by atoms with Crippen LogP contribution in [0.5, 0.6) is 0 Å². The highest BCUT2D eigenvalue weighted by atomic mass is 32.1. The minimum Gasteiger partial charge on any atom is -0.469 e. The van der Waals surface area contributed by atoms with E-state index in [4.69, 9.17) is 23.9 Å². The zero-order valence-electron chi connectivity index (χ0n) is 30.6. The Balaban J connectivity index is 1.61. The van der Waals surface area contributed by atoms with Crippen LogP contribution in [-0.4, -0.2) is 136 Å². The van der Waals surface area contributed by atoms with Gasteiger partial charge in [-0.1, -0.05) is 12.1 Å². The number of rotatable bonds is 14. The lowest BCUT2D eigenvalue weighted by atomic mass is 10.1. The van der Waals surface area contributed by atoms with Crippen molar-refractivity contribution < 1.29 is 38.1 Å². The van der Waals surface area contributed by atoms with Crippen molar-refractivity contribution in [3.8, 4) is 0 Å². The summed E-state index contributed by atoms with van der Waals surface area (Å²) in [6.45, 7) is 4.83. The van der Waals surface area contributed by atoms with Gasteiger partial charge in [-0.15, -0.1) is 11.3 Å². The van der Waals surface area contributed by atoms with Crippen LogP contribution in [0.4, 0.5) is 0 Å². The number of ether oxygens (including phenoxy) is 4. The van der Waals surface area contributed by atoms with Gasteiger partial charge >= 0.3 is 23.9 Å². The molecule has 2 unspecified atom stereocenters. The van der Waals surface area contributed by atoms with Crippen molar-refractivity contribution in [1.29, 1.82) is 0 Å². The second-order valence-electron chi connectivity index (χ2n) is 12.7. The molecule has 15 heteroatoms. The molecule has 2 atom stereocenters. The number of pyridine rings is 1. The molecule has 0 spiro atoms. The van der Waals surface area contributed by atoms with E-state index in [0.29, 0.717) is 100 Å². The second kappa shape index (κ2) is 20.9. The number of carbonyl (C=O) groups excluding carboxylic acids is 4. The van der Waals surface area contributed by atoms with Gasteiger partial charge in [0.05, 0.1) is 39.5 Å². The standard InChI is InChI=1S/C37H51N5O9S/c1-48-32(43)13-7-10-29(36(46)50-3)41-19-17-38-18-20-42(30(37(47)51-4)11-8-14-33(44)49-2)24-22-40(21-23-41)25-26-15-16-28-34(45)27-9-5-6-12-31(27)52-35(28)39-26/h5-6,9,12,15-16,29-30,38H,7-8,10-11,13-14,17-25H2,1-4H3. The van der Waals surface area contributed by atoms with E-state index in [1.165, 1.54) is 39.8 Å². The molecular formula is C37H51N5O9S. The maximum atomic E-state index is 13.2. The van der Waals surface area contributed by atoms with Crippen LogP contribution in [0.1, 0.15) is 44.2 Å². The number of nitrogens with zero attached hydrogens (tertiary/aromatic N) is 4. The van der Waals surface area contributed by atoms with E-state index in [1.807, 2.05) is 36.4 Å². The zero-order valence-corrected chi connectivity index (χ0v) is 31.4. The predicted molar refractivity (Wildman–Crippen MR) is 198 cm³/mol. The molecule has 1 saturated heterocycles. The largest absolute Gasteiger partial charge is 0.469 e. The normalized spacial score (nSPS) is 16.7. The Morgan fingerprint density at radius 3 is 1.83 bits per heavy atom. The molecule has 3 aromatic rings. The summed E-state index contributed by atoms with van der Waals surface area (Å²) in [6.07, 6.45) is 2.21. The van der Waals surface area contributed by atoms with Gasteiger partial charge in [-0.2, -0.15) is 0 Å². The van der Waals surface area contributed by atoms with Gasteiger partial charge < -0.3 is 24.3 Å². The number of aromatic nitrogens is 1. The van der Waals surface area contributed by atoms with Gasteiger partial charge in [0.25, 0.3) is 0 Å². The first-order valence-corrected chi connectivity index (χ1v) is 18.5. The molecule has 3 heterocycles. The van der Waals surface area contributed by atoms with Crippen molar-refractivity contribution in [1.82, 2.24) is 25.0 Å². The van der Waals surface area contributed by atoms with E-state index >= 15 is 0 Å². The highest BCUT2D eigenvalue weighted by Crippen LogP contribution is 2.24. The summed E-state index contributed by atoms with van der Waals surface area (Å²) >= 11 is 1.48. The van der Waals surface area contributed by atoms with E-state index in [-0.39, 0.29) is 42.1 Å². The Bertz CT molecular complexity index is 1660. The molecule has 1 aliphatic rings. The smallest absolute Gasteiger partial charge is 0.323 e. The molecule has 4 rings (SSSR count). The Labute approximate surface area is 308 Å². The van der Waals surface area contributed by atoms with Gasteiger partial charge in [-0.05, 0) is 49.9 Å². The number of benzene rings is 1. The Kier molecular flexibility index (Phi) is 16.4. The molecule has 1 aliphatic heterocycles. The summed E-state index contributed by atoms with van der Waals surface area (Å²) in [5, 5.41) is 4.70. The van der Waals surface area contributed by atoms with Crippen LogP contribution in [-0.2, 0) is 44.7 Å². The molecular weight excluding hydrogens is 691 g/mol. The first kappa shape index (κ1) is 40.7. The number of methoxy groups -OCH3 is 4. The minimum atomic E-state index is -0.555. The lowest BCUT2D eigenvalue weighted by molar-refractivity contribution is -0.148. The minimum absolute atomic E-state index is 0.0447. The van der Waals surface area contributed by atoms with Crippen LogP contribution in [0.25, 0.3) is 20.3 Å². The summed E-state index contributed by atoms with van der Waals surface area (Å²) in [4.78, 5) is 75.1. The molecule has 1 fully saturated rings. The number of hydrogen-bond acceptors (Lipinski definition) is 15. The SMILES string of the molecule is COC(=O)CCCC(C(=O)OC)N1CCNCCN(C(CCCC(=O)OC)C(=O)OC)CCN(Cc2ccc3c(=O)c4ccccc4sc3n2)CC1. The van der Waals surface area contributed by atoms with Crippen molar-refractivity contribution >= 4 is 55.5 Å². The molecule has 0 aliphatic carbocycles. The van der Waals surface area contributed by atoms with Crippen LogP contribution in [0, 0.1) is 0 Å². The second-order valence-corrected chi connectivity index (χ2v) is 13.7. The van der Waals surface area contributed by atoms with Gasteiger partial charge in [0.1, 0.15) is 16.9 Å². The Hall–Kier alpha value is -4.02. The fourth-order valence-corrected chi connectivity index (χ4v) is 7.58. The van der Waals surface area contributed by atoms with Crippen LogP contribution in [0.3, 0.4) is 0 Å². The van der Waals surface area contributed by atoms with Gasteiger partial charge in [0, 0.05) is 81.8 Å². The monoisotopic (exact) mass is 741 g/mol. The Morgan fingerprint density at radius 2 is 1.29 bits per heavy atom. The fourth-order valence-electron chi connectivity index (χ4n) is 6.52. The third kappa shape index (κ3) is 11.5. The number of hydrogen-bond donors (Lipinski definition) is 1. The van der Waals surface area contributed by atoms with Crippen molar-refractivity contribution in [2.75, 3.05) is 80.8 Å². The molecule has 0 amide bonds. The van der Waals surface area contributed by atoms with E-state index in [1.54, 1.807) is 0 Å². The first-order chi connectivity index (χ1) is 25.2. The summed E-state index contributed by atoms with van der Waals surface area (Å²) in [6, 6.07) is 10.1.